The molecule has 4 nitrogen and oxygen atoms in total. The SMILES string of the molecule is Clc1ccc2c(c1)C(N1CC[NH2+]CC1)=Nc1ccccc1O2. The van der Waals surface area contributed by atoms with Crippen molar-refractivity contribution in [3.05, 3.63) is 53.1 Å². The van der Waals surface area contributed by atoms with Gasteiger partial charge in [0.25, 0.3) is 0 Å². The molecule has 2 aromatic rings. The normalized spacial score (nSPS) is 17.0. The summed E-state index contributed by atoms with van der Waals surface area (Å²) in [5.41, 5.74) is 1.82. The Balaban J connectivity index is 1.88. The van der Waals surface area contributed by atoms with Crippen molar-refractivity contribution in [1.82, 2.24) is 4.90 Å². The molecule has 1 saturated heterocycles. The van der Waals surface area contributed by atoms with Crippen molar-refractivity contribution >= 4 is 23.1 Å². The summed E-state index contributed by atoms with van der Waals surface area (Å²) in [6, 6.07) is 13.6. The Bertz CT molecular complexity index is 738. The second-order valence-corrected chi connectivity index (χ2v) is 5.94. The molecular formula is C17H17ClN3O+. The van der Waals surface area contributed by atoms with Crippen molar-refractivity contribution in [2.45, 2.75) is 0 Å². The molecule has 112 valence electrons. The number of hydrogen-bond acceptors (Lipinski definition) is 3. The smallest absolute Gasteiger partial charge is 0.153 e. The standard InChI is InChI=1S/C17H16ClN3O/c18-12-5-6-15-13(11-12)17(21-9-7-19-8-10-21)20-14-3-1-2-4-16(14)22-15/h1-6,11,19H,7-10H2/p+1. The summed E-state index contributed by atoms with van der Waals surface area (Å²) in [6.07, 6.45) is 0. The van der Waals surface area contributed by atoms with Gasteiger partial charge >= 0.3 is 0 Å². The first kappa shape index (κ1) is 13.6. The average Bonchev–Trinajstić information content (AvgIpc) is 2.72. The number of fused-ring (bicyclic) bond motifs is 2. The average molecular weight is 315 g/mol. The topological polar surface area (TPSA) is 41.4 Å². The summed E-state index contributed by atoms with van der Waals surface area (Å²) in [5.74, 6) is 2.54. The highest BCUT2D eigenvalue weighted by Gasteiger charge is 2.24. The minimum absolute atomic E-state index is 0.699. The maximum Gasteiger partial charge on any atom is 0.153 e. The van der Waals surface area contributed by atoms with E-state index in [0.717, 1.165) is 54.8 Å². The highest BCUT2D eigenvalue weighted by Crippen LogP contribution is 2.38. The maximum absolute atomic E-state index is 6.21. The molecule has 2 aliphatic rings. The molecule has 2 N–H and O–H groups in total. The first-order valence-corrected chi connectivity index (χ1v) is 7.91. The summed E-state index contributed by atoms with van der Waals surface area (Å²) in [7, 11) is 0. The van der Waals surface area contributed by atoms with E-state index in [9.17, 15) is 0 Å². The molecule has 2 aromatic carbocycles. The molecule has 0 bridgehead atoms. The van der Waals surface area contributed by atoms with Crippen LogP contribution in [0.2, 0.25) is 5.02 Å². The van der Waals surface area contributed by atoms with E-state index in [0.29, 0.717) is 5.02 Å². The van der Waals surface area contributed by atoms with Crippen LogP contribution in [0.25, 0.3) is 0 Å². The summed E-state index contributed by atoms with van der Waals surface area (Å²) in [4.78, 5) is 7.21. The van der Waals surface area contributed by atoms with Crippen molar-refractivity contribution in [2.75, 3.05) is 26.2 Å². The van der Waals surface area contributed by atoms with Gasteiger partial charge in [-0.15, -0.1) is 0 Å². The van der Waals surface area contributed by atoms with Gasteiger partial charge in [-0.3, -0.25) is 0 Å². The fourth-order valence-electron chi connectivity index (χ4n) is 2.90. The molecule has 0 radical (unpaired) electrons. The van der Waals surface area contributed by atoms with Gasteiger partial charge < -0.3 is 15.0 Å². The first-order chi connectivity index (χ1) is 10.8. The number of ether oxygens (including phenoxy) is 1. The first-order valence-electron chi connectivity index (χ1n) is 7.53. The Morgan fingerprint density at radius 1 is 1.05 bits per heavy atom. The van der Waals surface area contributed by atoms with Gasteiger partial charge in [0.2, 0.25) is 0 Å². The largest absolute Gasteiger partial charge is 0.454 e. The lowest BCUT2D eigenvalue weighted by Crippen LogP contribution is -2.89. The van der Waals surface area contributed by atoms with E-state index in [1.165, 1.54) is 0 Å². The lowest BCUT2D eigenvalue weighted by Gasteiger charge is -2.28. The second kappa shape index (κ2) is 5.63. The molecule has 22 heavy (non-hydrogen) atoms. The van der Waals surface area contributed by atoms with E-state index < -0.39 is 0 Å². The van der Waals surface area contributed by atoms with Crippen molar-refractivity contribution in [3.8, 4) is 11.5 Å². The molecule has 0 saturated carbocycles. The van der Waals surface area contributed by atoms with Crippen LogP contribution in [0.4, 0.5) is 5.69 Å². The molecule has 0 unspecified atom stereocenters. The Kier molecular flexibility index (Phi) is 3.48. The predicted octanol–water partition coefficient (Wildman–Crippen LogP) is 2.40. The van der Waals surface area contributed by atoms with Gasteiger partial charge in [0, 0.05) is 5.02 Å². The van der Waals surface area contributed by atoms with Gasteiger partial charge in [-0.2, -0.15) is 0 Å². The van der Waals surface area contributed by atoms with Crippen molar-refractivity contribution in [3.63, 3.8) is 0 Å². The summed E-state index contributed by atoms with van der Waals surface area (Å²) in [5, 5.41) is 3.03. The number of aliphatic imine (C=N–C) groups is 1. The molecule has 5 heteroatoms. The van der Waals surface area contributed by atoms with Crippen LogP contribution >= 0.6 is 11.6 Å². The molecule has 0 spiro atoms. The van der Waals surface area contributed by atoms with Crippen LogP contribution < -0.4 is 10.1 Å². The maximum atomic E-state index is 6.21. The number of para-hydroxylation sites is 2. The molecule has 0 aromatic heterocycles. The number of quaternary nitrogens is 1. The number of halogens is 1. The number of nitrogens with zero attached hydrogens (tertiary/aromatic N) is 2. The van der Waals surface area contributed by atoms with Crippen LogP contribution in [0.1, 0.15) is 5.56 Å². The van der Waals surface area contributed by atoms with E-state index in [4.69, 9.17) is 21.3 Å². The Labute approximate surface area is 134 Å². The molecule has 4 rings (SSSR count). The van der Waals surface area contributed by atoms with Gasteiger partial charge in [-0.05, 0) is 30.3 Å². The van der Waals surface area contributed by atoms with Crippen molar-refractivity contribution < 1.29 is 10.1 Å². The van der Waals surface area contributed by atoms with Gasteiger partial charge in [-0.25, -0.2) is 4.99 Å². The van der Waals surface area contributed by atoms with Gasteiger partial charge in [0.15, 0.2) is 5.75 Å². The Morgan fingerprint density at radius 2 is 1.86 bits per heavy atom. The van der Waals surface area contributed by atoms with Crippen LogP contribution in [0.3, 0.4) is 0 Å². The van der Waals surface area contributed by atoms with E-state index in [2.05, 4.69) is 10.2 Å². The summed E-state index contributed by atoms with van der Waals surface area (Å²) in [6.45, 7) is 4.12. The summed E-state index contributed by atoms with van der Waals surface area (Å²) < 4.78 is 6.07. The third kappa shape index (κ3) is 2.45. The number of nitrogens with two attached hydrogens (primary N) is 1. The fraction of sp³-hybridized carbons (Fsp3) is 0.235. The minimum Gasteiger partial charge on any atom is -0.454 e. The van der Waals surface area contributed by atoms with Crippen molar-refractivity contribution in [1.29, 1.82) is 0 Å². The third-order valence-electron chi connectivity index (χ3n) is 4.00. The monoisotopic (exact) mass is 314 g/mol. The van der Waals surface area contributed by atoms with Crippen LogP contribution in [0.15, 0.2) is 47.5 Å². The highest BCUT2D eigenvalue weighted by atomic mass is 35.5. The zero-order chi connectivity index (χ0) is 14.9. The molecule has 0 amide bonds. The Morgan fingerprint density at radius 3 is 2.73 bits per heavy atom. The zero-order valence-corrected chi connectivity index (χ0v) is 12.9. The van der Waals surface area contributed by atoms with Gasteiger partial charge in [0.1, 0.15) is 17.3 Å². The lowest BCUT2D eigenvalue weighted by atomic mass is 10.1. The van der Waals surface area contributed by atoms with Crippen molar-refractivity contribution in [2.24, 2.45) is 4.99 Å². The molecule has 2 aliphatic heterocycles. The van der Waals surface area contributed by atoms with Crippen LogP contribution in [0.5, 0.6) is 11.5 Å². The van der Waals surface area contributed by atoms with E-state index >= 15 is 0 Å². The number of piperazine rings is 1. The zero-order valence-electron chi connectivity index (χ0n) is 12.1. The number of amidine groups is 1. The lowest BCUT2D eigenvalue weighted by molar-refractivity contribution is -0.661. The highest BCUT2D eigenvalue weighted by molar-refractivity contribution is 6.31. The number of hydrogen-bond donors (Lipinski definition) is 1. The van der Waals surface area contributed by atoms with Crippen LogP contribution in [0, 0.1) is 0 Å². The van der Waals surface area contributed by atoms with E-state index in [-0.39, 0.29) is 0 Å². The fourth-order valence-corrected chi connectivity index (χ4v) is 3.07. The van der Waals surface area contributed by atoms with E-state index in [1.54, 1.807) is 0 Å². The quantitative estimate of drug-likeness (QED) is 0.811. The summed E-state index contributed by atoms with van der Waals surface area (Å²) >= 11 is 6.21. The molecule has 0 atom stereocenters. The predicted molar refractivity (Wildman–Crippen MR) is 87.4 cm³/mol. The van der Waals surface area contributed by atoms with Gasteiger partial charge in [-0.1, -0.05) is 23.7 Å². The minimum atomic E-state index is 0.699. The number of rotatable bonds is 0. The molecular weight excluding hydrogens is 298 g/mol. The van der Waals surface area contributed by atoms with Gasteiger partial charge in [0.05, 0.1) is 31.7 Å². The molecule has 2 heterocycles. The van der Waals surface area contributed by atoms with Crippen LogP contribution in [-0.2, 0) is 0 Å². The number of benzene rings is 2. The second-order valence-electron chi connectivity index (χ2n) is 5.50. The van der Waals surface area contributed by atoms with Crippen LogP contribution in [-0.4, -0.2) is 36.9 Å². The third-order valence-corrected chi connectivity index (χ3v) is 4.23. The Hall–Kier alpha value is -2.04. The van der Waals surface area contributed by atoms with E-state index in [1.807, 2.05) is 42.5 Å². The molecule has 0 aliphatic carbocycles. The molecule has 1 fully saturated rings.